The number of benzene rings is 8. The molecule has 4 heterocycles. The Labute approximate surface area is 349 Å². The molecule has 1 spiro atoms. The highest BCUT2D eigenvalue weighted by Crippen LogP contribution is 2.63. The van der Waals surface area contributed by atoms with E-state index in [0.717, 1.165) is 33.4 Å². The number of hydrogen-bond acceptors (Lipinski definition) is 4. The predicted octanol–water partition coefficient (Wildman–Crippen LogP) is 13.1. The number of para-hydroxylation sites is 3. The van der Waals surface area contributed by atoms with Gasteiger partial charge in [-0.05, 0) is 74.8 Å². The Morgan fingerprint density at radius 2 is 1.00 bits per heavy atom. The maximum Gasteiger partial charge on any atom is 0.239 e. The van der Waals surface area contributed by atoms with E-state index in [-0.39, 0.29) is 0 Å². The minimum atomic E-state index is -0.478. The molecule has 3 aliphatic rings. The standard InChI is InChI=1S/C54H31N5S/c1-2-15-32(16-3-1)50-55-51(33-29-30-37-36-19-6-10-24-42(36)54(43(37)31-33)40-22-8-4-17-34(40)35-18-5-9-23-41(35)54)57-53(56-50)59-44-25-11-7-20-38(44)48-39-21-14-28-47-49(39)58(52(48)59)45-26-12-13-27-46(45)60-47/h1-31H. The summed E-state index contributed by atoms with van der Waals surface area (Å²) in [6, 6.07) is 68.0. The molecular weight excluding hydrogens is 751 g/mol. The van der Waals surface area contributed by atoms with Crippen molar-refractivity contribution in [3.8, 4) is 56.7 Å². The molecule has 0 amide bonds. The van der Waals surface area contributed by atoms with Gasteiger partial charge >= 0.3 is 0 Å². The topological polar surface area (TPSA) is 48.5 Å². The molecule has 1 aliphatic heterocycles. The molecule has 60 heavy (non-hydrogen) atoms. The van der Waals surface area contributed by atoms with Gasteiger partial charge in [-0.25, -0.2) is 4.98 Å². The Morgan fingerprint density at radius 1 is 0.417 bits per heavy atom. The lowest BCUT2D eigenvalue weighted by Crippen LogP contribution is -2.25. The SMILES string of the molecule is c1ccc(-c2nc(-c3ccc4c(c3)C3(c5ccccc5-c5ccccc53)c3ccccc3-4)nc(-n3c4ccccc4c4c5cccc6c5n(c43)-c3ccccc3S6)n2)cc1. The van der Waals surface area contributed by atoms with E-state index in [4.69, 9.17) is 15.0 Å². The monoisotopic (exact) mass is 781 g/mol. The molecule has 6 heteroatoms. The van der Waals surface area contributed by atoms with Crippen LogP contribution in [0.2, 0.25) is 0 Å². The summed E-state index contributed by atoms with van der Waals surface area (Å²) in [6.07, 6.45) is 0. The Hall–Kier alpha value is -7.54. The molecule has 3 aromatic heterocycles. The smallest absolute Gasteiger partial charge is 0.239 e. The second kappa shape index (κ2) is 11.8. The van der Waals surface area contributed by atoms with Crippen LogP contribution in [0.15, 0.2) is 198 Å². The molecule has 2 aliphatic carbocycles. The summed E-state index contributed by atoms with van der Waals surface area (Å²) in [7, 11) is 0. The van der Waals surface area contributed by atoms with Crippen LogP contribution in [0, 0.1) is 0 Å². The van der Waals surface area contributed by atoms with Crippen molar-refractivity contribution < 1.29 is 0 Å². The fraction of sp³-hybridized carbons (Fsp3) is 0.0185. The van der Waals surface area contributed by atoms with Gasteiger partial charge in [-0.1, -0.05) is 169 Å². The van der Waals surface area contributed by atoms with Gasteiger partial charge in [-0.2, -0.15) is 9.97 Å². The second-order valence-electron chi connectivity index (χ2n) is 15.9. The summed E-state index contributed by atoms with van der Waals surface area (Å²) in [5, 5.41) is 3.58. The first-order chi connectivity index (χ1) is 29.8. The zero-order valence-corrected chi connectivity index (χ0v) is 32.9. The molecule has 0 radical (unpaired) electrons. The van der Waals surface area contributed by atoms with Crippen LogP contribution in [0.5, 0.6) is 0 Å². The van der Waals surface area contributed by atoms with Crippen LogP contribution in [-0.2, 0) is 5.41 Å². The normalized spacial score (nSPS) is 13.7. The third-order valence-corrected chi connectivity index (χ3v) is 14.1. The van der Waals surface area contributed by atoms with Crippen molar-refractivity contribution in [3.05, 3.63) is 210 Å². The van der Waals surface area contributed by atoms with Crippen molar-refractivity contribution in [2.45, 2.75) is 15.2 Å². The summed E-state index contributed by atoms with van der Waals surface area (Å²) < 4.78 is 4.70. The van der Waals surface area contributed by atoms with E-state index in [1.807, 2.05) is 30.0 Å². The van der Waals surface area contributed by atoms with Crippen molar-refractivity contribution in [2.24, 2.45) is 0 Å². The van der Waals surface area contributed by atoms with Crippen molar-refractivity contribution in [2.75, 3.05) is 0 Å². The first-order valence-electron chi connectivity index (χ1n) is 20.4. The van der Waals surface area contributed by atoms with Crippen molar-refractivity contribution >= 4 is 44.6 Å². The van der Waals surface area contributed by atoms with Crippen LogP contribution >= 0.6 is 11.8 Å². The lowest BCUT2D eigenvalue weighted by molar-refractivity contribution is 0.793. The fourth-order valence-electron chi connectivity index (χ4n) is 10.7. The number of aromatic nitrogens is 5. The molecule has 11 aromatic rings. The van der Waals surface area contributed by atoms with E-state index in [0.29, 0.717) is 17.6 Å². The average Bonchev–Trinajstić information content (AvgIpc) is 4.02. The maximum absolute atomic E-state index is 5.51. The van der Waals surface area contributed by atoms with Gasteiger partial charge in [0.25, 0.3) is 0 Å². The molecule has 14 rings (SSSR count). The lowest BCUT2D eigenvalue weighted by atomic mass is 9.70. The second-order valence-corrected chi connectivity index (χ2v) is 17.0. The lowest BCUT2D eigenvalue weighted by Gasteiger charge is -2.30. The van der Waals surface area contributed by atoms with E-state index in [1.54, 1.807) is 0 Å². The van der Waals surface area contributed by atoms with Gasteiger partial charge in [0.15, 0.2) is 11.6 Å². The first kappa shape index (κ1) is 32.4. The van der Waals surface area contributed by atoms with E-state index in [1.165, 1.54) is 70.6 Å². The third kappa shape index (κ3) is 4.06. The van der Waals surface area contributed by atoms with Gasteiger partial charge in [0, 0.05) is 37.1 Å². The Balaban J connectivity index is 1.08. The molecule has 0 bridgehead atoms. The highest BCUT2D eigenvalue weighted by molar-refractivity contribution is 7.99. The Morgan fingerprint density at radius 3 is 1.75 bits per heavy atom. The van der Waals surface area contributed by atoms with E-state index in [9.17, 15) is 0 Å². The molecule has 0 saturated heterocycles. The zero-order valence-electron chi connectivity index (χ0n) is 32.0. The first-order valence-corrected chi connectivity index (χ1v) is 21.2. The van der Waals surface area contributed by atoms with Crippen molar-refractivity contribution in [1.29, 1.82) is 0 Å². The number of rotatable bonds is 3. The van der Waals surface area contributed by atoms with Gasteiger partial charge in [0.1, 0.15) is 5.65 Å². The summed E-state index contributed by atoms with van der Waals surface area (Å²) >= 11 is 1.83. The van der Waals surface area contributed by atoms with Crippen LogP contribution in [-0.4, -0.2) is 24.1 Å². The van der Waals surface area contributed by atoms with Gasteiger partial charge < -0.3 is 0 Å². The summed E-state index contributed by atoms with van der Waals surface area (Å²) in [5.74, 6) is 1.84. The highest BCUT2D eigenvalue weighted by atomic mass is 32.2. The Kier molecular flexibility index (Phi) is 6.37. The van der Waals surface area contributed by atoms with Crippen LogP contribution in [0.1, 0.15) is 22.3 Å². The minimum Gasteiger partial charge on any atom is -0.293 e. The van der Waals surface area contributed by atoms with E-state index < -0.39 is 5.41 Å². The molecule has 0 atom stereocenters. The van der Waals surface area contributed by atoms with Gasteiger partial charge in [-0.3, -0.25) is 9.13 Å². The molecule has 278 valence electrons. The summed E-state index contributed by atoms with van der Waals surface area (Å²) in [6.45, 7) is 0. The minimum absolute atomic E-state index is 0.478. The van der Waals surface area contributed by atoms with Crippen LogP contribution in [0.4, 0.5) is 0 Å². The quantitative estimate of drug-likeness (QED) is 0.179. The predicted molar refractivity (Wildman–Crippen MR) is 242 cm³/mol. The van der Waals surface area contributed by atoms with Gasteiger partial charge in [-0.15, -0.1) is 0 Å². The summed E-state index contributed by atoms with van der Waals surface area (Å²) in [5.41, 5.74) is 16.1. The Bertz CT molecular complexity index is 3590. The average molecular weight is 782 g/mol. The fourth-order valence-corrected chi connectivity index (χ4v) is 11.8. The number of hydrogen-bond donors (Lipinski definition) is 0. The molecule has 0 unspecified atom stereocenters. The molecular formula is C54H31N5S. The molecule has 8 aromatic carbocycles. The third-order valence-electron chi connectivity index (χ3n) is 13.0. The van der Waals surface area contributed by atoms with Crippen LogP contribution < -0.4 is 0 Å². The number of fused-ring (bicyclic) bond motifs is 17. The van der Waals surface area contributed by atoms with Crippen LogP contribution in [0.3, 0.4) is 0 Å². The van der Waals surface area contributed by atoms with E-state index in [2.05, 4.69) is 179 Å². The van der Waals surface area contributed by atoms with Crippen LogP contribution in [0.25, 0.3) is 89.5 Å². The summed E-state index contributed by atoms with van der Waals surface area (Å²) in [4.78, 5) is 18.7. The zero-order chi connectivity index (χ0) is 39.1. The number of nitrogens with zero attached hydrogens (tertiary/aromatic N) is 5. The largest absolute Gasteiger partial charge is 0.293 e. The molecule has 0 N–H and O–H groups in total. The van der Waals surface area contributed by atoms with Crippen molar-refractivity contribution in [1.82, 2.24) is 24.1 Å². The van der Waals surface area contributed by atoms with E-state index >= 15 is 0 Å². The molecule has 5 nitrogen and oxygen atoms in total. The molecule has 0 fully saturated rings. The van der Waals surface area contributed by atoms with Gasteiger partial charge in [0.05, 0.1) is 22.1 Å². The highest BCUT2D eigenvalue weighted by Gasteiger charge is 2.51. The van der Waals surface area contributed by atoms with Crippen molar-refractivity contribution in [3.63, 3.8) is 0 Å². The van der Waals surface area contributed by atoms with Gasteiger partial charge in [0.2, 0.25) is 5.95 Å². The molecule has 0 saturated carbocycles. The maximum atomic E-state index is 5.51.